The van der Waals surface area contributed by atoms with E-state index in [1.165, 1.54) is 12.5 Å². The topological polar surface area (TPSA) is 72.0 Å². The smallest absolute Gasteiger partial charge is 0.222 e. The first-order valence-electron chi connectivity index (χ1n) is 4.66. The first kappa shape index (κ1) is 14.4. The molecule has 0 bridgehead atoms. The second-order valence-corrected chi connectivity index (χ2v) is 3.58. The normalized spacial score (nSPS) is 9.33. The quantitative estimate of drug-likeness (QED) is 0.640. The van der Waals surface area contributed by atoms with Gasteiger partial charge in [0.05, 0.1) is 0 Å². The van der Waals surface area contributed by atoms with Crippen molar-refractivity contribution in [1.29, 1.82) is 0 Å². The van der Waals surface area contributed by atoms with Crippen molar-refractivity contribution < 1.29 is 5.11 Å². The minimum absolute atomic E-state index is 0.0903. The predicted octanol–water partition coefficient (Wildman–Crippen LogP) is 2.53. The number of aliphatic hydroxyl groups excluding tert-OH is 1. The van der Waals surface area contributed by atoms with Crippen LogP contribution in [0, 0.1) is 0 Å². The van der Waals surface area contributed by atoms with Crippen molar-refractivity contribution in [2.45, 2.75) is 26.2 Å². The van der Waals surface area contributed by atoms with Gasteiger partial charge in [0.15, 0.2) is 0 Å². The Morgan fingerprint density at radius 3 is 2.07 bits per heavy atom. The average molecular weight is 252 g/mol. The van der Waals surface area contributed by atoms with Crippen molar-refractivity contribution >= 4 is 29.2 Å². The van der Waals surface area contributed by atoms with Crippen LogP contribution in [0.3, 0.4) is 0 Å². The van der Waals surface area contributed by atoms with Crippen molar-refractivity contribution in [3.05, 3.63) is 16.4 Å². The first-order valence-corrected chi connectivity index (χ1v) is 5.42. The second-order valence-electron chi connectivity index (χ2n) is 2.80. The number of nitrogen functional groups attached to an aromatic ring is 1. The van der Waals surface area contributed by atoms with Crippen LogP contribution in [0.15, 0.2) is 6.07 Å². The summed E-state index contributed by atoms with van der Waals surface area (Å²) in [7, 11) is 0. The summed E-state index contributed by atoms with van der Waals surface area (Å²) in [4.78, 5) is 7.16. The molecule has 1 aromatic heterocycles. The molecule has 1 heterocycles. The third-order valence-corrected chi connectivity index (χ3v) is 1.83. The Morgan fingerprint density at radius 1 is 1.27 bits per heavy atom. The Hall–Kier alpha value is -0.580. The number of anilines is 1. The molecule has 0 saturated heterocycles. The summed E-state index contributed by atoms with van der Waals surface area (Å²) in [5.74, 6) is 0.0903. The Bertz CT molecular complexity index is 230. The lowest BCUT2D eigenvalue weighted by molar-refractivity contribution is 0.284. The fraction of sp³-hybridized carbons (Fsp3) is 0.556. The molecule has 1 aromatic rings. The molecule has 15 heavy (non-hydrogen) atoms. The van der Waals surface area contributed by atoms with E-state index < -0.39 is 0 Å². The summed E-state index contributed by atoms with van der Waals surface area (Å²) < 4.78 is 0. The molecule has 0 atom stereocenters. The molecule has 4 nitrogen and oxygen atoms in total. The molecule has 0 saturated carbocycles. The number of halogens is 2. The molecule has 0 amide bonds. The Balaban J connectivity index is 0.000000288. The monoisotopic (exact) mass is 251 g/mol. The van der Waals surface area contributed by atoms with Gasteiger partial charge in [-0.2, -0.15) is 0 Å². The van der Waals surface area contributed by atoms with Gasteiger partial charge in [-0.15, -0.1) is 0 Å². The number of hydrogen-bond acceptors (Lipinski definition) is 4. The third-order valence-electron chi connectivity index (χ3n) is 1.44. The summed E-state index contributed by atoms with van der Waals surface area (Å²) in [6.45, 7) is 2.48. The number of aromatic nitrogens is 2. The molecule has 3 N–H and O–H groups in total. The lowest BCUT2D eigenvalue weighted by atomic mass is 10.3. The summed E-state index contributed by atoms with van der Waals surface area (Å²) in [6, 6.07) is 1.42. The Labute approximate surface area is 99.4 Å². The zero-order chi connectivity index (χ0) is 11.7. The highest BCUT2D eigenvalue weighted by Gasteiger charge is 1.94. The summed E-state index contributed by atoms with van der Waals surface area (Å²) in [5, 5.41) is 8.71. The first-order chi connectivity index (χ1) is 7.10. The van der Waals surface area contributed by atoms with Gasteiger partial charge in [-0.3, -0.25) is 0 Å². The van der Waals surface area contributed by atoms with Crippen molar-refractivity contribution in [1.82, 2.24) is 9.97 Å². The van der Waals surface area contributed by atoms with Crippen LogP contribution in [0.1, 0.15) is 26.2 Å². The predicted molar refractivity (Wildman–Crippen MR) is 63.1 cm³/mol. The molecule has 0 aliphatic heterocycles. The van der Waals surface area contributed by atoms with Gasteiger partial charge >= 0.3 is 0 Å². The van der Waals surface area contributed by atoms with Gasteiger partial charge in [-0.25, -0.2) is 9.97 Å². The van der Waals surface area contributed by atoms with Crippen LogP contribution in [0.5, 0.6) is 0 Å². The molecule has 6 heteroatoms. The van der Waals surface area contributed by atoms with Gasteiger partial charge in [0.2, 0.25) is 5.95 Å². The van der Waals surface area contributed by atoms with Crippen LogP contribution in [0.4, 0.5) is 5.95 Å². The molecule has 0 unspecified atom stereocenters. The van der Waals surface area contributed by atoms with E-state index in [4.69, 9.17) is 34.0 Å². The van der Waals surface area contributed by atoms with E-state index in [1.807, 2.05) is 0 Å². The molecule has 0 fully saturated rings. The fourth-order valence-electron chi connectivity index (χ4n) is 0.768. The molecular weight excluding hydrogens is 237 g/mol. The van der Waals surface area contributed by atoms with E-state index in [9.17, 15) is 0 Å². The third kappa shape index (κ3) is 8.42. The van der Waals surface area contributed by atoms with Gasteiger partial charge in [-0.1, -0.05) is 43.0 Å². The van der Waals surface area contributed by atoms with E-state index in [-0.39, 0.29) is 16.3 Å². The highest BCUT2D eigenvalue weighted by atomic mass is 35.5. The number of hydrogen-bond donors (Lipinski definition) is 2. The largest absolute Gasteiger partial charge is 0.396 e. The summed E-state index contributed by atoms with van der Waals surface area (Å²) in [6.07, 6.45) is 3.33. The van der Waals surface area contributed by atoms with Crippen molar-refractivity contribution in [2.75, 3.05) is 12.3 Å². The van der Waals surface area contributed by atoms with Crippen LogP contribution in [0.2, 0.25) is 10.3 Å². The maximum atomic E-state index is 8.20. The lowest BCUT2D eigenvalue weighted by Gasteiger charge is -1.91. The summed E-state index contributed by atoms with van der Waals surface area (Å²) >= 11 is 10.9. The minimum Gasteiger partial charge on any atom is -0.396 e. The minimum atomic E-state index is 0.0903. The van der Waals surface area contributed by atoms with E-state index in [0.717, 1.165) is 12.8 Å². The second kappa shape index (κ2) is 8.71. The number of aliphatic hydroxyl groups is 1. The van der Waals surface area contributed by atoms with Crippen molar-refractivity contribution in [2.24, 2.45) is 0 Å². The number of unbranched alkanes of at least 4 members (excludes halogenated alkanes) is 2. The van der Waals surface area contributed by atoms with E-state index in [1.54, 1.807) is 0 Å². The highest BCUT2D eigenvalue weighted by molar-refractivity contribution is 6.33. The van der Waals surface area contributed by atoms with E-state index >= 15 is 0 Å². The van der Waals surface area contributed by atoms with E-state index in [2.05, 4.69) is 16.9 Å². The molecule has 0 aliphatic rings. The molecule has 1 rings (SSSR count). The molecule has 86 valence electrons. The molecule has 0 radical (unpaired) electrons. The van der Waals surface area contributed by atoms with Gasteiger partial charge < -0.3 is 10.8 Å². The molecular formula is C9H15Cl2N3O. The molecule has 0 aliphatic carbocycles. The van der Waals surface area contributed by atoms with Crippen LogP contribution < -0.4 is 5.73 Å². The van der Waals surface area contributed by atoms with Crippen LogP contribution in [-0.4, -0.2) is 21.7 Å². The zero-order valence-corrected chi connectivity index (χ0v) is 10.1. The Kier molecular flexibility index (Phi) is 8.37. The van der Waals surface area contributed by atoms with Gasteiger partial charge in [0.1, 0.15) is 10.3 Å². The number of rotatable bonds is 3. The standard InChI is InChI=1S/C5H12O.C4H3Cl2N3/c1-2-3-4-5-6;5-2-1-3(6)9-4(7)8-2/h6H,2-5H2,1H3;1H,(H2,7,8,9). The van der Waals surface area contributed by atoms with Crippen LogP contribution >= 0.6 is 23.2 Å². The number of nitrogens with two attached hydrogens (primary N) is 1. The zero-order valence-electron chi connectivity index (χ0n) is 8.58. The van der Waals surface area contributed by atoms with Crippen molar-refractivity contribution in [3.63, 3.8) is 0 Å². The van der Waals surface area contributed by atoms with E-state index in [0.29, 0.717) is 6.61 Å². The Morgan fingerprint density at radius 2 is 1.80 bits per heavy atom. The van der Waals surface area contributed by atoms with Gasteiger partial charge in [0.25, 0.3) is 0 Å². The SMILES string of the molecule is CCCCCO.Nc1nc(Cl)cc(Cl)n1. The van der Waals surface area contributed by atoms with Crippen LogP contribution in [-0.2, 0) is 0 Å². The maximum Gasteiger partial charge on any atom is 0.222 e. The molecule has 0 aromatic carbocycles. The maximum absolute atomic E-state index is 8.20. The van der Waals surface area contributed by atoms with Gasteiger partial charge in [0, 0.05) is 12.7 Å². The number of nitrogens with zero attached hydrogens (tertiary/aromatic N) is 2. The van der Waals surface area contributed by atoms with Crippen LogP contribution in [0.25, 0.3) is 0 Å². The summed E-state index contributed by atoms with van der Waals surface area (Å²) in [5.41, 5.74) is 5.17. The fourth-order valence-corrected chi connectivity index (χ4v) is 1.20. The highest BCUT2D eigenvalue weighted by Crippen LogP contribution is 2.11. The van der Waals surface area contributed by atoms with Crippen molar-refractivity contribution in [3.8, 4) is 0 Å². The average Bonchev–Trinajstić information content (AvgIpc) is 2.13. The van der Waals surface area contributed by atoms with Gasteiger partial charge in [-0.05, 0) is 6.42 Å². The molecule has 0 spiro atoms. The lowest BCUT2D eigenvalue weighted by Crippen LogP contribution is -1.93.